The molecule has 0 saturated heterocycles. The first-order valence-corrected chi connectivity index (χ1v) is 7.96. The molecule has 4 heteroatoms. The first-order chi connectivity index (χ1) is 12.2. The second-order valence-corrected chi connectivity index (χ2v) is 5.63. The predicted octanol–water partition coefficient (Wildman–Crippen LogP) is 4.43. The summed E-state index contributed by atoms with van der Waals surface area (Å²) >= 11 is 0. The number of nitrogens with zero attached hydrogens (tertiary/aromatic N) is 1. The Hall–Kier alpha value is -3.40. The Balaban J connectivity index is 1.69. The van der Waals surface area contributed by atoms with Crippen LogP contribution in [0.25, 0.3) is 11.1 Å². The lowest BCUT2D eigenvalue weighted by atomic mass is 10.0. The molecule has 2 N–H and O–H groups in total. The SMILES string of the molecule is O=C(O)Cc1cccc(-c2ccc(C=NNc3ccccc3)cc2)c1. The van der Waals surface area contributed by atoms with Gasteiger partial charge in [0.1, 0.15) is 0 Å². The van der Waals surface area contributed by atoms with Gasteiger partial charge >= 0.3 is 5.97 Å². The molecule has 3 aromatic rings. The van der Waals surface area contributed by atoms with E-state index >= 15 is 0 Å². The summed E-state index contributed by atoms with van der Waals surface area (Å²) in [5, 5.41) is 13.1. The molecule has 0 bridgehead atoms. The number of anilines is 1. The third kappa shape index (κ3) is 4.78. The van der Waals surface area contributed by atoms with Gasteiger partial charge in [0, 0.05) is 0 Å². The highest BCUT2D eigenvalue weighted by molar-refractivity contribution is 5.81. The van der Waals surface area contributed by atoms with Crippen LogP contribution in [0.15, 0.2) is 84.0 Å². The van der Waals surface area contributed by atoms with Crippen molar-refractivity contribution in [1.29, 1.82) is 0 Å². The Morgan fingerprint density at radius 1 is 0.920 bits per heavy atom. The predicted molar refractivity (Wildman–Crippen MR) is 101 cm³/mol. The largest absolute Gasteiger partial charge is 0.481 e. The van der Waals surface area contributed by atoms with E-state index in [1.54, 1.807) is 6.21 Å². The zero-order chi connectivity index (χ0) is 17.5. The molecule has 25 heavy (non-hydrogen) atoms. The number of nitrogens with one attached hydrogen (secondary N) is 1. The summed E-state index contributed by atoms with van der Waals surface area (Å²) in [5.74, 6) is -0.824. The minimum atomic E-state index is -0.824. The Labute approximate surface area is 146 Å². The highest BCUT2D eigenvalue weighted by Gasteiger charge is 2.03. The molecule has 3 rings (SSSR count). The summed E-state index contributed by atoms with van der Waals surface area (Å²) in [5.41, 5.74) is 7.74. The summed E-state index contributed by atoms with van der Waals surface area (Å²) in [6.07, 6.45) is 1.79. The fourth-order valence-corrected chi connectivity index (χ4v) is 2.49. The van der Waals surface area contributed by atoms with Crippen LogP contribution in [0.2, 0.25) is 0 Å². The maximum Gasteiger partial charge on any atom is 0.307 e. The number of carboxylic acid groups (broad SMARTS) is 1. The molecule has 0 radical (unpaired) electrons. The minimum Gasteiger partial charge on any atom is -0.481 e. The Morgan fingerprint density at radius 3 is 2.40 bits per heavy atom. The van der Waals surface area contributed by atoms with E-state index in [4.69, 9.17) is 5.11 Å². The van der Waals surface area contributed by atoms with Crippen molar-refractivity contribution in [2.75, 3.05) is 5.43 Å². The zero-order valence-corrected chi connectivity index (χ0v) is 13.6. The first kappa shape index (κ1) is 16.5. The third-order valence-electron chi connectivity index (χ3n) is 3.71. The number of rotatable bonds is 6. The maximum atomic E-state index is 10.8. The van der Waals surface area contributed by atoms with Crippen LogP contribution in [0.4, 0.5) is 5.69 Å². The van der Waals surface area contributed by atoms with Crippen LogP contribution in [0.5, 0.6) is 0 Å². The summed E-state index contributed by atoms with van der Waals surface area (Å²) in [7, 11) is 0. The molecule has 3 aromatic carbocycles. The van der Waals surface area contributed by atoms with Crippen molar-refractivity contribution in [2.45, 2.75) is 6.42 Å². The van der Waals surface area contributed by atoms with Gasteiger partial charge < -0.3 is 5.11 Å². The molecule has 0 aliphatic heterocycles. The summed E-state index contributed by atoms with van der Waals surface area (Å²) < 4.78 is 0. The fraction of sp³-hybridized carbons (Fsp3) is 0.0476. The van der Waals surface area contributed by atoms with Gasteiger partial charge in [-0.05, 0) is 34.4 Å². The number of carbonyl (C=O) groups is 1. The second-order valence-electron chi connectivity index (χ2n) is 5.63. The molecular weight excluding hydrogens is 312 g/mol. The lowest BCUT2D eigenvalue weighted by Gasteiger charge is -2.05. The van der Waals surface area contributed by atoms with E-state index in [1.165, 1.54) is 0 Å². The van der Waals surface area contributed by atoms with Gasteiger partial charge in [-0.2, -0.15) is 5.10 Å². The average Bonchev–Trinajstić information content (AvgIpc) is 2.63. The molecule has 0 amide bonds. The number of carboxylic acids is 1. The molecule has 0 heterocycles. The number of aliphatic carboxylic acids is 1. The van der Waals surface area contributed by atoms with E-state index in [0.29, 0.717) is 0 Å². The lowest BCUT2D eigenvalue weighted by Crippen LogP contribution is -1.99. The highest BCUT2D eigenvalue weighted by Crippen LogP contribution is 2.21. The van der Waals surface area contributed by atoms with Gasteiger partial charge in [-0.25, -0.2) is 0 Å². The molecule has 0 saturated carbocycles. The van der Waals surface area contributed by atoms with Crippen molar-refractivity contribution in [1.82, 2.24) is 0 Å². The first-order valence-electron chi connectivity index (χ1n) is 7.96. The van der Waals surface area contributed by atoms with Crippen molar-refractivity contribution in [2.24, 2.45) is 5.10 Å². The van der Waals surface area contributed by atoms with Gasteiger partial charge in [0.2, 0.25) is 0 Å². The van der Waals surface area contributed by atoms with Gasteiger partial charge in [0.05, 0.1) is 18.3 Å². The van der Waals surface area contributed by atoms with Crippen molar-refractivity contribution in [3.63, 3.8) is 0 Å². The van der Waals surface area contributed by atoms with Crippen LogP contribution in [0.1, 0.15) is 11.1 Å². The van der Waals surface area contributed by atoms with E-state index in [1.807, 2.05) is 78.9 Å². The van der Waals surface area contributed by atoms with Crippen LogP contribution in [0, 0.1) is 0 Å². The topological polar surface area (TPSA) is 61.7 Å². The standard InChI is InChI=1S/C21H18N2O2/c24-21(25)14-17-5-4-6-19(13-17)18-11-9-16(10-12-18)15-22-23-20-7-2-1-3-8-20/h1-13,15,23H,14H2,(H,24,25). The lowest BCUT2D eigenvalue weighted by molar-refractivity contribution is -0.136. The van der Waals surface area contributed by atoms with E-state index in [-0.39, 0.29) is 6.42 Å². The molecule has 0 unspecified atom stereocenters. The number of hydrogen-bond acceptors (Lipinski definition) is 3. The highest BCUT2D eigenvalue weighted by atomic mass is 16.4. The van der Waals surface area contributed by atoms with Crippen LogP contribution < -0.4 is 5.43 Å². The summed E-state index contributed by atoms with van der Waals surface area (Å²) in [6.45, 7) is 0. The molecule has 0 aliphatic carbocycles. The molecule has 0 fully saturated rings. The number of hydrazone groups is 1. The minimum absolute atomic E-state index is 0.0315. The van der Waals surface area contributed by atoms with E-state index in [9.17, 15) is 4.79 Å². The maximum absolute atomic E-state index is 10.8. The van der Waals surface area contributed by atoms with Crippen LogP contribution >= 0.6 is 0 Å². The molecular formula is C21H18N2O2. The quantitative estimate of drug-likeness (QED) is 0.519. The van der Waals surface area contributed by atoms with E-state index < -0.39 is 5.97 Å². The Kier molecular flexibility index (Phi) is 5.22. The second kappa shape index (κ2) is 7.93. The summed E-state index contributed by atoms with van der Waals surface area (Å²) in [4.78, 5) is 10.8. The molecule has 0 aliphatic rings. The normalized spacial score (nSPS) is 10.7. The third-order valence-corrected chi connectivity index (χ3v) is 3.71. The average molecular weight is 330 g/mol. The van der Waals surface area contributed by atoms with Gasteiger partial charge in [-0.1, -0.05) is 66.7 Å². The smallest absolute Gasteiger partial charge is 0.307 e. The molecule has 124 valence electrons. The summed E-state index contributed by atoms with van der Waals surface area (Å²) in [6, 6.07) is 25.3. The van der Waals surface area contributed by atoms with Gasteiger partial charge in [-0.3, -0.25) is 10.2 Å². The Bertz CT molecular complexity index is 872. The monoisotopic (exact) mass is 330 g/mol. The molecule has 4 nitrogen and oxygen atoms in total. The van der Waals surface area contributed by atoms with Gasteiger partial charge in [-0.15, -0.1) is 0 Å². The van der Waals surface area contributed by atoms with Gasteiger partial charge in [0.15, 0.2) is 0 Å². The van der Waals surface area contributed by atoms with Crippen molar-refractivity contribution in [3.05, 3.63) is 90.0 Å². The number of benzene rings is 3. The molecule has 0 atom stereocenters. The Morgan fingerprint density at radius 2 is 1.68 bits per heavy atom. The van der Waals surface area contributed by atoms with Crippen molar-refractivity contribution in [3.8, 4) is 11.1 Å². The van der Waals surface area contributed by atoms with Crippen molar-refractivity contribution < 1.29 is 9.90 Å². The zero-order valence-electron chi connectivity index (χ0n) is 13.6. The van der Waals surface area contributed by atoms with Crippen LogP contribution in [-0.2, 0) is 11.2 Å². The van der Waals surface area contributed by atoms with Crippen LogP contribution in [0.3, 0.4) is 0 Å². The number of hydrogen-bond donors (Lipinski definition) is 2. The fourth-order valence-electron chi connectivity index (χ4n) is 2.49. The van der Waals surface area contributed by atoms with Crippen LogP contribution in [-0.4, -0.2) is 17.3 Å². The molecule has 0 aromatic heterocycles. The van der Waals surface area contributed by atoms with Crippen molar-refractivity contribution >= 4 is 17.9 Å². The molecule has 0 spiro atoms. The van der Waals surface area contributed by atoms with Gasteiger partial charge in [0.25, 0.3) is 0 Å². The van der Waals surface area contributed by atoms with E-state index in [0.717, 1.165) is 27.9 Å². The number of para-hydroxylation sites is 1. The van der Waals surface area contributed by atoms with E-state index in [2.05, 4.69) is 10.5 Å².